The molecular formula is C22H29BrN2O2. The van der Waals surface area contributed by atoms with Gasteiger partial charge in [-0.05, 0) is 77.2 Å². The van der Waals surface area contributed by atoms with E-state index in [1.165, 1.54) is 5.56 Å². The van der Waals surface area contributed by atoms with Gasteiger partial charge in [-0.2, -0.15) is 5.10 Å². The normalized spacial score (nSPS) is 18.8. The van der Waals surface area contributed by atoms with Crippen molar-refractivity contribution < 1.29 is 9.53 Å². The van der Waals surface area contributed by atoms with Gasteiger partial charge in [0.2, 0.25) is 0 Å². The van der Waals surface area contributed by atoms with Crippen LogP contribution in [0.25, 0.3) is 0 Å². The Balaban J connectivity index is 1.94. The van der Waals surface area contributed by atoms with Gasteiger partial charge in [-0.25, -0.2) is 5.43 Å². The summed E-state index contributed by atoms with van der Waals surface area (Å²) in [5, 5.41) is 4.29. The Morgan fingerprint density at radius 3 is 2.70 bits per heavy atom. The van der Waals surface area contributed by atoms with Crippen LogP contribution in [0.3, 0.4) is 0 Å². The maximum atomic E-state index is 12.1. The van der Waals surface area contributed by atoms with Crippen LogP contribution in [0.5, 0.6) is 5.75 Å². The van der Waals surface area contributed by atoms with E-state index in [-0.39, 0.29) is 17.9 Å². The maximum absolute atomic E-state index is 12.1. The van der Waals surface area contributed by atoms with Gasteiger partial charge in [-0.3, -0.25) is 4.79 Å². The van der Waals surface area contributed by atoms with E-state index in [1.54, 1.807) is 0 Å². The van der Waals surface area contributed by atoms with E-state index in [4.69, 9.17) is 4.74 Å². The molecule has 1 aromatic rings. The smallest absolute Gasteiger partial charge is 0.277 e. The van der Waals surface area contributed by atoms with Crippen molar-refractivity contribution >= 4 is 27.5 Å². The molecule has 4 nitrogen and oxygen atoms in total. The first kappa shape index (κ1) is 21.4. The van der Waals surface area contributed by atoms with Gasteiger partial charge >= 0.3 is 0 Å². The minimum absolute atomic E-state index is 0.0571. The fourth-order valence-corrected chi connectivity index (χ4v) is 3.31. The Bertz CT molecular complexity index is 788. The minimum Gasteiger partial charge on any atom is -0.483 e. The van der Waals surface area contributed by atoms with E-state index in [2.05, 4.69) is 59.9 Å². The largest absolute Gasteiger partial charge is 0.483 e. The molecule has 1 aromatic carbocycles. The molecule has 1 aliphatic rings. The second-order valence-corrected chi connectivity index (χ2v) is 9.00. The van der Waals surface area contributed by atoms with Gasteiger partial charge in [0.15, 0.2) is 6.61 Å². The Morgan fingerprint density at radius 1 is 1.41 bits per heavy atom. The molecule has 0 radical (unpaired) electrons. The van der Waals surface area contributed by atoms with Crippen LogP contribution in [0, 0.1) is 5.92 Å². The SMILES string of the molecule is C=C(C)C1CC=C(C)C(=NNC(=O)COc2ccc(C(C)(C)C)cc2Br)C1. The van der Waals surface area contributed by atoms with Crippen molar-refractivity contribution in [2.24, 2.45) is 11.0 Å². The first-order valence-corrected chi connectivity index (χ1v) is 9.98. The van der Waals surface area contributed by atoms with Crippen molar-refractivity contribution in [2.45, 2.75) is 52.9 Å². The average Bonchev–Trinajstić information content (AvgIpc) is 2.58. The zero-order valence-corrected chi connectivity index (χ0v) is 18.4. The van der Waals surface area contributed by atoms with Crippen LogP contribution in [0.1, 0.15) is 53.0 Å². The highest BCUT2D eigenvalue weighted by Crippen LogP contribution is 2.31. The molecule has 1 atom stereocenters. The zero-order chi connectivity index (χ0) is 20.2. The summed E-state index contributed by atoms with van der Waals surface area (Å²) < 4.78 is 6.47. The number of hydrogen-bond donors (Lipinski definition) is 1. The summed E-state index contributed by atoms with van der Waals surface area (Å²) in [6.07, 6.45) is 3.94. The molecule has 1 unspecified atom stereocenters. The monoisotopic (exact) mass is 432 g/mol. The van der Waals surface area contributed by atoms with E-state index in [0.29, 0.717) is 11.7 Å². The average molecular weight is 433 g/mol. The first-order chi connectivity index (χ1) is 12.6. The van der Waals surface area contributed by atoms with Crippen LogP contribution in [0.4, 0.5) is 0 Å². The summed E-state index contributed by atoms with van der Waals surface area (Å²) >= 11 is 3.52. The molecular weight excluding hydrogens is 404 g/mol. The molecule has 0 saturated heterocycles. The van der Waals surface area contributed by atoms with Crippen LogP contribution < -0.4 is 10.2 Å². The van der Waals surface area contributed by atoms with Gasteiger partial charge < -0.3 is 4.74 Å². The predicted octanol–water partition coefficient (Wildman–Crippen LogP) is 5.53. The van der Waals surface area contributed by atoms with Gasteiger partial charge in [-0.1, -0.05) is 45.1 Å². The van der Waals surface area contributed by atoms with Crippen molar-refractivity contribution in [3.05, 3.63) is 52.0 Å². The molecule has 0 aromatic heterocycles. The van der Waals surface area contributed by atoms with Crippen molar-refractivity contribution in [1.82, 2.24) is 5.43 Å². The highest BCUT2D eigenvalue weighted by atomic mass is 79.9. The van der Waals surface area contributed by atoms with Crippen LogP contribution in [0.2, 0.25) is 0 Å². The Kier molecular flexibility index (Phi) is 7.04. The van der Waals surface area contributed by atoms with Crippen molar-refractivity contribution in [3.8, 4) is 5.75 Å². The number of allylic oxidation sites excluding steroid dienone is 3. The van der Waals surface area contributed by atoms with E-state index in [1.807, 2.05) is 32.0 Å². The highest BCUT2D eigenvalue weighted by molar-refractivity contribution is 9.10. The van der Waals surface area contributed by atoms with E-state index >= 15 is 0 Å². The zero-order valence-electron chi connectivity index (χ0n) is 16.9. The number of hydrogen-bond acceptors (Lipinski definition) is 3. The fourth-order valence-electron chi connectivity index (χ4n) is 2.81. The van der Waals surface area contributed by atoms with E-state index < -0.39 is 0 Å². The van der Waals surface area contributed by atoms with Gasteiger partial charge in [0.05, 0.1) is 10.2 Å². The number of carbonyl (C=O) groups excluding carboxylic acids is 1. The molecule has 0 fully saturated rings. The lowest BCUT2D eigenvalue weighted by Crippen LogP contribution is -2.27. The van der Waals surface area contributed by atoms with E-state index in [9.17, 15) is 4.79 Å². The van der Waals surface area contributed by atoms with Gasteiger partial charge in [-0.15, -0.1) is 0 Å². The summed E-state index contributed by atoms with van der Waals surface area (Å²) in [6, 6.07) is 5.93. The van der Waals surface area contributed by atoms with Crippen LogP contribution >= 0.6 is 15.9 Å². The second-order valence-electron chi connectivity index (χ2n) is 8.15. The number of rotatable bonds is 5. The molecule has 2 rings (SSSR count). The topological polar surface area (TPSA) is 50.7 Å². The van der Waals surface area contributed by atoms with Crippen LogP contribution in [-0.4, -0.2) is 18.2 Å². The maximum Gasteiger partial charge on any atom is 0.277 e. The first-order valence-electron chi connectivity index (χ1n) is 9.18. The molecule has 1 aliphatic carbocycles. The number of nitrogens with zero attached hydrogens (tertiary/aromatic N) is 1. The molecule has 146 valence electrons. The number of benzene rings is 1. The Labute approximate surface area is 170 Å². The number of carbonyl (C=O) groups is 1. The second kappa shape index (κ2) is 8.87. The van der Waals surface area contributed by atoms with Crippen molar-refractivity contribution in [3.63, 3.8) is 0 Å². The number of ether oxygens (including phenoxy) is 1. The summed E-state index contributed by atoms with van der Waals surface area (Å²) in [5.74, 6) is 0.749. The number of halogens is 1. The minimum atomic E-state index is -0.278. The summed E-state index contributed by atoms with van der Waals surface area (Å²) in [4.78, 5) is 12.1. The quantitative estimate of drug-likeness (QED) is 0.490. The number of hydrazone groups is 1. The Hall–Kier alpha value is -1.88. The number of amides is 1. The summed E-state index contributed by atoms with van der Waals surface area (Å²) in [5.41, 5.74) is 7.01. The van der Waals surface area contributed by atoms with Gasteiger partial charge in [0.25, 0.3) is 5.91 Å². The van der Waals surface area contributed by atoms with Gasteiger partial charge in [0, 0.05) is 0 Å². The third kappa shape index (κ3) is 6.06. The molecule has 0 bridgehead atoms. The third-order valence-corrected chi connectivity index (χ3v) is 5.39. The fraction of sp³-hybridized carbons (Fsp3) is 0.455. The lowest BCUT2D eigenvalue weighted by Gasteiger charge is -2.22. The number of nitrogens with one attached hydrogen (secondary N) is 1. The van der Waals surface area contributed by atoms with Crippen LogP contribution in [-0.2, 0) is 10.2 Å². The standard InChI is InChI=1S/C22H29BrN2O2/c1-14(2)16-8-7-15(3)19(11-16)24-25-21(26)13-27-20-10-9-17(12-18(20)23)22(4,5)6/h7,9-10,12,16H,1,8,11,13H2,2-6H3,(H,25,26). The lowest BCUT2D eigenvalue weighted by molar-refractivity contribution is -0.123. The van der Waals surface area contributed by atoms with Gasteiger partial charge in [0.1, 0.15) is 5.75 Å². The highest BCUT2D eigenvalue weighted by Gasteiger charge is 2.19. The summed E-state index contributed by atoms with van der Waals surface area (Å²) in [6.45, 7) is 14.5. The molecule has 1 N–H and O–H groups in total. The molecule has 0 spiro atoms. The lowest BCUT2D eigenvalue weighted by atomic mass is 9.85. The molecule has 27 heavy (non-hydrogen) atoms. The summed E-state index contributed by atoms with van der Waals surface area (Å²) in [7, 11) is 0. The predicted molar refractivity (Wildman–Crippen MR) is 115 cm³/mol. The molecule has 0 aliphatic heterocycles. The van der Waals surface area contributed by atoms with Crippen molar-refractivity contribution in [2.75, 3.05) is 6.61 Å². The van der Waals surface area contributed by atoms with E-state index in [0.717, 1.165) is 34.2 Å². The van der Waals surface area contributed by atoms with Crippen molar-refractivity contribution in [1.29, 1.82) is 0 Å². The molecule has 5 heteroatoms. The molecule has 0 heterocycles. The van der Waals surface area contributed by atoms with Crippen LogP contribution in [0.15, 0.2) is 51.6 Å². The third-order valence-electron chi connectivity index (χ3n) is 4.77. The molecule has 1 amide bonds. The molecule has 0 saturated carbocycles. The Morgan fingerprint density at radius 2 is 2.11 bits per heavy atom.